The van der Waals surface area contributed by atoms with Crippen LogP contribution in [0.25, 0.3) is 0 Å². The van der Waals surface area contributed by atoms with Crippen molar-refractivity contribution in [3.63, 3.8) is 0 Å². The maximum atomic E-state index is 13.6. The van der Waals surface area contributed by atoms with Gasteiger partial charge in [0.1, 0.15) is 11.4 Å². The summed E-state index contributed by atoms with van der Waals surface area (Å²) in [6.45, 7) is 9.21. The van der Waals surface area contributed by atoms with Crippen LogP contribution in [0.15, 0.2) is 66.7 Å². The van der Waals surface area contributed by atoms with Gasteiger partial charge in [-0.05, 0) is 71.7 Å². The second kappa shape index (κ2) is 12.5. The van der Waals surface area contributed by atoms with Gasteiger partial charge in [0.2, 0.25) is 0 Å². The van der Waals surface area contributed by atoms with Gasteiger partial charge in [0, 0.05) is 31.5 Å². The summed E-state index contributed by atoms with van der Waals surface area (Å²) in [4.78, 5) is 26.6. The van der Waals surface area contributed by atoms with Crippen LogP contribution >= 0.6 is 0 Å². The van der Waals surface area contributed by atoms with Gasteiger partial charge in [-0.2, -0.15) is 0 Å². The Hall–Kier alpha value is -3.60. The fraction of sp³-hybridized carbons (Fsp3) is 0.412. The highest BCUT2D eigenvalue weighted by atomic mass is 16.5. The monoisotopic (exact) mass is 527 g/mol. The average molecular weight is 528 g/mol. The summed E-state index contributed by atoms with van der Waals surface area (Å²) in [7, 11) is 0. The molecule has 0 unspecified atom stereocenters. The molecule has 3 aromatic rings. The van der Waals surface area contributed by atoms with Gasteiger partial charge >= 0.3 is 5.97 Å². The highest BCUT2D eigenvalue weighted by Gasteiger charge is 2.35. The number of carboxylic acid groups (broad SMARTS) is 1. The number of carbonyl (C=O) groups excluding carboxylic acids is 1. The highest BCUT2D eigenvalue weighted by Crippen LogP contribution is 2.38. The molecule has 0 radical (unpaired) electrons. The third kappa shape index (κ3) is 7.50. The molecule has 39 heavy (non-hydrogen) atoms. The zero-order valence-electron chi connectivity index (χ0n) is 23.7. The fourth-order valence-corrected chi connectivity index (χ4v) is 5.28. The van der Waals surface area contributed by atoms with Crippen molar-refractivity contribution < 1.29 is 19.4 Å². The second-order valence-corrected chi connectivity index (χ2v) is 11.4. The molecular formula is C34H41NO4. The van der Waals surface area contributed by atoms with Crippen LogP contribution in [0, 0.1) is 0 Å². The van der Waals surface area contributed by atoms with Crippen LogP contribution in [0.4, 0.5) is 0 Å². The molecule has 1 amide bonds. The van der Waals surface area contributed by atoms with Gasteiger partial charge in [-0.1, -0.05) is 75.7 Å². The van der Waals surface area contributed by atoms with Gasteiger partial charge in [0.05, 0.1) is 6.42 Å². The van der Waals surface area contributed by atoms with E-state index in [0.29, 0.717) is 24.4 Å². The Labute approximate surface area is 232 Å². The molecule has 1 atom stereocenters. The molecule has 1 heterocycles. The predicted octanol–water partition coefficient (Wildman–Crippen LogP) is 7.21. The number of unbranched alkanes of at least 4 members (excludes halogenated alkanes) is 1. The Balaban J connectivity index is 1.47. The van der Waals surface area contributed by atoms with Crippen LogP contribution in [-0.4, -0.2) is 34.0 Å². The van der Waals surface area contributed by atoms with E-state index < -0.39 is 5.97 Å². The van der Waals surface area contributed by atoms with Crippen LogP contribution < -0.4 is 4.74 Å². The van der Waals surface area contributed by atoms with Crippen molar-refractivity contribution >= 4 is 11.9 Å². The Bertz CT molecular complexity index is 1280. The summed E-state index contributed by atoms with van der Waals surface area (Å²) in [6.07, 6.45) is 4.73. The topological polar surface area (TPSA) is 66.8 Å². The number of aryl methyl sites for hydroxylation is 1. The lowest BCUT2D eigenvalue weighted by atomic mass is 9.90. The molecule has 0 spiro atoms. The van der Waals surface area contributed by atoms with E-state index >= 15 is 0 Å². The largest absolute Gasteiger partial charge is 0.487 e. The van der Waals surface area contributed by atoms with Crippen molar-refractivity contribution in [2.75, 3.05) is 6.54 Å². The summed E-state index contributed by atoms with van der Waals surface area (Å²) in [5.41, 5.74) is 6.02. The Morgan fingerprint density at radius 1 is 0.974 bits per heavy atom. The minimum Gasteiger partial charge on any atom is -0.487 e. The van der Waals surface area contributed by atoms with E-state index in [2.05, 4.69) is 64.1 Å². The van der Waals surface area contributed by atoms with E-state index in [1.165, 1.54) is 16.7 Å². The zero-order valence-corrected chi connectivity index (χ0v) is 23.7. The second-order valence-electron chi connectivity index (χ2n) is 11.4. The first-order chi connectivity index (χ1) is 18.7. The van der Waals surface area contributed by atoms with E-state index in [1.54, 1.807) is 11.0 Å². The third-order valence-corrected chi connectivity index (χ3v) is 7.55. The number of benzene rings is 3. The SMILES string of the molecule is CCCCc1ccc(CN(CCC(=O)O)C(=O)c2ccc3c(c2)C[C@@](C)(Cc2ccc(C(C)C)cc2)O3)cc1. The van der Waals surface area contributed by atoms with Crippen LogP contribution in [0.1, 0.15) is 91.1 Å². The molecule has 0 saturated carbocycles. The number of rotatable bonds is 12. The number of amides is 1. The van der Waals surface area contributed by atoms with Crippen molar-refractivity contribution in [2.45, 2.75) is 84.3 Å². The molecule has 0 aliphatic carbocycles. The third-order valence-electron chi connectivity index (χ3n) is 7.55. The summed E-state index contributed by atoms with van der Waals surface area (Å²) < 4.78 is 6.38. The number of hydrogen-bond acceptors (Lipinski definition) is 3. The van der Waals surface area contributed by atoms with Gasteiger partial charge < -0.3 is 14.7 Å². The number of nitrogens with zero attached hydrogens (tertiary/aromatic N) is 1. The minimum absolute atomic E-state index is 0.0952. The number of carboxylic acids is 1. The van der Waals surface area contributed by atoms with Gasteiger partial charge in [0.25, 0.3) is 5.91 Å². The van der Waals surface area contributed by atoms with Crippen LogP contribution in [-0.2, 0) is 30.6 Å². The molecule has 0 fully saturated rings. The quantitative estimate of drug-likeness (QED) is 0.270. The van der Waals surface area contributed by atoms with Crippen molar-refractivity contribution in [2.24, 2.45) is 0 Å². The molecule has 0 saturated heterocycles. The summed E-state index contributed by atoms with van der Waals surface area (Å²) >= 11 is 0. The Morgan fingerprint density at radius 3 is 2.28 bits per heavy atom. The fourth-order valence-electron chi connectivity index (χ4n) is 5.28. The molecule has 3 aromatic carbocycles. The molecule has 1 aliphatic heterocycles. The van der Waals surface area contributed by atoms with E-state index in [1.807, 2.05) is 24.3 Å². The molecule has 206 valence electrons. The van der Waals surface area contributed by atoms with Crippen molar-refractivity contribution in [3.8, 4) is 5.75 Å². The minimum atomic E-state index is -0.915. The van der Waals surface area contributed by atoms with Crippen molar-refractivity contribution in [3.05, 3.63) is 100 Å². The van der Waals surface area contributed by atoms with Gasteiger partial charge in [-0.3, -0.25) is 9.59 Å². The average Bonchev–Trinajstić information content (AvgIpc) is 3.25. The first kappa shape index (κ1) is 28.4. The molecule has 1 aliphatic rings. The number of ether oxygens (including phenoxy) is 1. The number of carbonyl (C=O) groups is 2. The van der Waals surface area contributed by atoms with Crippen LogP contribution in [0.2, 0.25) is 0 Å². The first-order valence-electron chi connectivity index (χ1n) is 14.2. The first-order valence-corrected chi connectivity index (χ1v) is 14.2. The number of hydrogen-bond donors (Lipinski definition) is 1. The number of aliphatic carboxylic acids is 1. The summed E-state index contributed by atoms with van der Waals surface area (Å²) in [5.74, 6) is 0.236. The molecule has 5 heteroatoms. The normalized spacial score (nSPS) is 16.1. The van der Waals surface area contributed by atoms with Crippen LogP contribution in [0.3, 0.4) is 0 Å². The van der Waals surface area contributed by atoms with E-state index in [-0.39, 0.29) is 24.5 Å². The Morgan fingerprint density at radius 2 is 1.64 bits per heavy atom. The van der Waals surface area contributed by atoms with Gasteiger partial charge in [-0.15, -0.1) is 0 Å². The molecular weight excluding hydrogens is 486 g/mol. The van der Waals surface area contributed by atoms with E-state index in [4.69, 9.17) is 4.74 Å². The standard InChI is InChI=1S/C34H41NO4/c1-5-6-7-25-8-10-27(11-9-25)23-35(19-18-32(36)37)33(38)29-16-17-31-30(20-29)22-34(4,39-31)21-26-12-14-28(15-13-26)24(2)3/h8-17,20,24H,5-7,18-19,21-23H2,1-4H3,(H,36,37)/t34-/m1/s1. The molecule has 1 N–H and O–H groups in total. The highest BCUT2D eigenvalue weighted by molar-refractivity contribution is 5.95. The van der Waals surface area contributed by atoms with Gasteiger partial charge in [-0.25, -0.2) is 0 Å². The maximum Gasteiger partial charge on any atom is 0.305 e. The molecule has 5 nitrogen and oxygen atoms in total. The van der Waals surface area contributed by atoms with Gasteiger partial charge in [0.15, 0.2) is 0 Å². The van der Waals surface area contributed by atoms with Crippen LogP contribution in [0.5, 0.6) is 5.75 Å². The summed E-state index contributed by atoms with van der Waals surface area (Å²) in [5, 5.41) is 9.29. The number of fused-ring (bicyclic) bond motifs is 1. The molecule has 0 bridgehead atoms. The Kier molecular flexibility index (Phi) is 9.11. The van der Waals surface area contributed by atoms with E-state index in [9.17, 15) is 14.7 Å². The lowest BCUT2D eigenvalue weighted by Gasteiger charge is -2.24. The lowest BCUT2D eigenvalue weighted by Crippen LogP contribution is -2.33. The molecule has 0 aromatic heterocycles. The van der Waals surface area contributed by atoms with E-state index in [0.717, 1.165) is 42.6 Å². The van der Waals surface area contributed by atoms with Crippen molar-refractivity contribution in [1.82, 2.24) is 4.90 Å². The smallest absolute Gasteiger partial charge is 0.305 e. The maximum absolute atomic E-state index is 13.6. The molecule has 4 rings (SSSR count). The van der Waals surface area contributed by atoms with Crippen molar-refractivity contribution in [1.29, 1.82) is 0 Å². The zero-order chi connectivity index (χ0) is 28.0. The lowest BCUT2D eigenvalue weighted by molar-refractivity contribution is -0.137. The predicted molar refractivity (Wildman–Crippen MR) is 155 cm³/mol. The summed E-state index contributed by atoms with van der Waals surface area (Å²) in [6, 6.07) is 22.6.